The van der Waals surface area contributed by atoms with Gasteiger partial charge in [-0.2, -0.15) is 0 Å². The minimum Gasteiger partial charge on any atom is -0.353 e. The van der Waals surface area contributed by atoms with Crippen molar-refractivity contribution in [2.24, 2.45) is 17.5 Å². The number of aryl methyl sites for hydroxylation is 1. The molecule has 3 aliphatic rings. The van der Waals surface area contributed by atoms with Gasteiger partial charge in [-0.05, 0) is 44.4 Å². The summed E-state index contributed by atoms with van der Waals surface area (Å²) in [5.41, 5.74) is 0.561. The van der Waals surface area contributed by atoms with Gasteiger partial charge in [0, 0.05) is 26.2 Å². The van der Waals surface area contributed by atoms with Crippen molar-refractivity contribution in [3.05, 3.63) is 11.6 Å². The predicted octanol–water partition coefficient (Wildman–Crippen LogP) is 3.01. The number of nitrogens with one attached hydrogen (secondary N) is 1. The summed E-state index contributed by atoms with van der Waals surface area (Å²) in [6.07, 6.45) is 11.0. The Morgan fingerprint density at radius 1 is 1.20 bits per heavy atom. The molecule has 0 aromatic carbocycles. The quantitative estimate of drug-likeness (QED) is 0.430. The third-order valence-electron chi connectivity index (χ3n) is 6.12. The van der Waals surface area contributed by atoms with Crippen LogP contribution in [0, 0.1) is 12.3 Å². The molecule has 0 radical (unpaired) electrons. The van der Waals surface area contributed by atoms with E-state index in [0.29, 0.717) is 18.0 Å². The van der Waals surface area contributed by atoms with E-state index in [4.69, 9.17) is 4.99 Å². The molecule has 2 aliphatic carbocycles. The van der Waals surface area contributed by atoms with Gasteiger partial charge in [0.1, 0.15) is 12.4 Å². The number of halogens is 1. The van der Waals surface area contributed by atoms with Gasteiger partial charge in [0.05, 0.1) is 0 Å². The summed E-state index contributed by atoms with van der Waals surface area (Å²) in [6, 6.07) is 0.632. The highest BCUT2D eigenvalue weighted by Crippen LogP contribution is 2.43. The molecule has 1 aromatic rings. The number of rotatable bonds is 3. The average molecular weight is 458 g/mol. The van der Waals surface area contributed by atoms with Crippen LogP contribution in [0.2, 0.25) is 0 Å². The predicted molar refractivity (Wildman–Crippen MR) is 110 cm³/mol. The lowest BCUT2D eigenvalue weighted by atomic mass is 9.73. The van der Waals surface area contributed by atoms with Crippen molar-refractivity contribution in [1.82, 2.24) is 25.0 Å². The molecule has 25 heavy (non-hydrogen) atoms. The summed E-state index contributed by atoms with van der Waals surface area (Å²) >= 11 is 0. The first-order valence-electron chi connectivity index (χ1n) is 9.56. The lowest BCUT2D eigenvalue weighted by molar-refractivity contribution is 0.203. The summed E-state index contributed by atoms with van der Waals surface area (Å²) < 4.78 is 2.03. The van der Waals surface area contributed by atoms with Gasteiger partial charge >= 0.3 is 0 Å². The molecule has 0 unspecified atom stereocenters. The number of nitrogens with zero attached hydrogens (tertiary/aromatic N) is 5. The zero-order valence-electron chi connectivity index (χ0n) is 15.5. The van der Waals surface area contributed by atoms with Crippen molar-refractivity contribution in [1.29, 1.82) is 0 Å². The zero-order chi connectivity index (χ0) is 16.6. The molecule has 0 bridgehead atoms. The van der Waals surface area contributed by atoms with Crippen LogP contribution in [0.1, 0.15) is 63.0 Å². The third-order valence-corrected chi connectivity index (χ3v) is 6.12. The van der Waals surface area contributed by atoms with E-state index >= 15 is 0 Å². The van der Waals surface area contributed by atoms with E-state index in [9.17, 15) is 0 Å². The zero-order valence-corrected chi connectivity index (χ0v) is 17.8. The number of aliphatic imine (C=N–C) groups is 1. The van der Waals surface area contributed by atoms with Gasteiger partial charge in [-0.1, -0.05) is 19.3 Å². The van der Waals surface area contributed by atoms with Gasteiger partial charge in [0.2, 0.25) is 0 Å². The fourth-order valence-electron chi connectivity index (χ4n) is 4.21. The summed E-state index contributed by atoms with van der Waals surface area (Å²) in [5.74, 6) is 2.98. The van der Waals surface area contributed by atoms with Crippen molar-refractivity contribution < 1.29 is 0 Å². The second kappa shape index (κ2) is 7.80. The Kier molecular flexibility index (Phi) is 5.90. The van der Waals surface area contributed by atoms with E-state index in [1.165, 1.54) is 57.9 Å². The summed E-state index contributed by atoms with van der Waals surface area (Å²) in [5, 5.41) is 12.1. The first kappa shape index (κ1) is 18.9. The molecule has 1 saturated heterocycles. The van der Waals surface area contributed by atoms with Crippen molar-refractivity contribution in [2.75, 3.05) is 13.1 Å². The fraction of sp³-hybridized carbons (Fsp3) is 0.833. The van der Waals surface area contributed by atoms with Gasteiger partial charge in [-0.25, -0.2) is 4.99 Å². The molecular weight excluding hydrogens is 427 g/mol. The van der Waals surface area contributed by atoms with Crippen LogP contribution < -0.4 is 5.32 Å². The molecule has 0 amide bonds. The van der Waals surface area contributed by atoms with E-state index in [0.717, 1.165) is 24.2 Å². The van der Waals surface area contributed by atoms with Crippen molar-refractivity contribution in [3.63, 3.8) is 0 Å². The minimum absolute atomic E-state index is 0. The van der Waals surface area contributed by atoms with Crippen LogP contribution in [0.5, 0.6) is 0 Å². The van der Waals surface area contributed by atoms with Crippen molar-refractivity contribution in [2.45, 2.75) is 70.9 Å². The van der Waals surface area contributed by atoms with Gasteiger partial charge in [-0.3, -0.25) is 0 Å². The Morgan fingerprint density at radius 2 is 1.96 bits per heavy atom. The number of hydrogen-bond donors (Lipinski definition) is 1. The summed E-state index contributed by atoms with van der Waals surface area (Å²) in [6.45, 7) is 4.92. The SMILES string of the molecule is Cc1nnc(CN=C(NC2CC2)N2CCC3(CCCCC3)C2)n1C.I. The first-order valence-corrected chi connectivity index (χ1v) is 9.56. The lowest BCUT2D eigenvalue weighted by Crippen LogP contribution is -2.42. The van der Waals surface area contributed by atoms with Gasteiger partial charge in [0.15, 0.2) is 11.8 Å². The molecule has 2 heterocycles. The van der Waals surface area contributed by atoms with Gasteiger partial charge in [-0.15, -0.1) is 34.2 Å². The van der Waals surface area contributed by atoms with Crippen molar-refractivity contribution in [3.8, 4) is 0 Å². The summed E-state index contributed by atoms with van der Waals surface area (Å²) in [7, 11) is 2.01. The minimum atomic E-state index is 0. The molecular formula is C18H31IN6. The maximum atomic E-state index is 4.92. The van der Waals surface area contributed by atoms with E-state index in [1.807, 2.05) is 18.5 Å². The Morgan fingerprint density at radius 3 is 2.60 bits per heavy atom. The normalized spacial score (nSPS) is 23.0. The number of hydrogen-bond acceptors (Lipinski definition) is 3. The molecule has 2 saturated carbocycles. The van der Waals surface area contributed by atoms with Crippen LogP contribution in [0.25, 0.3) is 0 Å². The van der Waals surface area contributed by atoms with Crippen LogP contribution in [0.15, 0.2) is 4.99 Å². The van der Waals surface area contributed by atoms with Gasteiger partial charge < -0.3 is 14.8 Å². The topological polar surface area (TPSA) is 58.3 Å². The van der Waals surface area contributed by atoms with Crippen LogP contribution >= 0.6 is 24.0 Å². The molecule has 0 atom stereocenters. The maximum absolute atomic E-state index is 4.92. The molecule has 1 aliphatic heterocycles. The molecule has 3 fully saturated rings. The van der Waals surface area contributed by atoms with Crippen LogP contribution in [0.3, 0.4) is 0 Å². The summed E-state index contributed by atoms with van der Waals surface area (Å²) in [4.78, 5) is 7.42. The second-order valence-electron chi connectivity index (χ2n) is 8.01. The fourth-order valence-corrected chi connectivity index (χ4v) is 4.21. The lowest BCUT2D eigenvalue weighted by Gasteiger charge is -2.33. The van der Waals surface area contributed by atoms with Crippen molar-refractivity contribution >= 4 is 29.9 Å². The van der Waals surface area contributed by atoms with E-state index in [-0.39, 0.29) is 24.0 Å². The Bertz CT molecular complexity index is 615. The molecule has 1 N–H and O–H groups in total. The number of guanidine groups is 1. The second-order valence-corrected chi connectivity index (χ2v) is 8.01. The van der Waals surface area contributed by atoms with Crippen LogP contribution in [-0.2, 0) is 13.6 Å². The molecule has 1 aromatic heterocycles. The molecule has 6 nitrogen and oxygen atoms in total. The molecule has 4 rings (SSSR count). The Hall–Kier alpha value is -0.860. The van der Waals surface area contributed by atoms with E-state index in [1.54, 1.807) is 0 Å². The molecule has 140 valence electrons. The third kappa shape index (κ3) is 4.28. The highest BCUT2D eigenvalue weighted by molar-refractivity contribution is 14.0. The molecule has 1 spiro atoms. The largest absolute Gasteiger partial charge is 0.353 e. The number of aromatic nitrogens is 3. The molecule has 7 heteroatoms. The van der Waals surface area contributed by atoms with Crippen LogP contribution in [-0.4, -0.2) is 44.8 Å². The van der Waals surface area contributed by atoms with Crippen LogP contribution in [0.4, 0.5) is 0 Å². The average Bonchev–Trinajstić information content (AvgIpc) is 3.25. The standard InChI is InChI=1S/C18H30N6.HI/c1-14-21-22-16(23(14)2)12-19-17(20-15-6-7-15)24-11-10-18(13-24)8-4-3-5-9-18;/h15H,3-13H2,1-2H3,(H,19,20);1H. The van der Waals surface area contributed by atoms with E-state index < -0.39 is 0 Å². The van der Waals surface area contributed by atoms with Gasteiger partial charge in [0.25, 0.3) is 0 Å². The highest BCUT2D eigenvalue weighted by atomic mass is 127. The Balaban J connectivity index is 0.00000182. The smallest absolute Gasteiger partial charge is 0.194 e. The monoisotopic (exact) mass is 458 g/mol. The first-order chi connectivity index (χ1) is 11.7. The highest BCUT2D eigenvalue weighted by Gasteiger charge is 2.40. The maximum Gasteiger partial charge on any atom is 0.194 e. The van der Waals surface area contributed by atoms with E-state index in [2.05, 4.69) is 20.4 Å². The number of likely N-dealkylation sites (tertiary alicyclic amines) is 1. The Labute approximate surface area is 167 Å².